The van der Waals surface area contributed by atoms with Crippen LogP contribution in [0.5, 0.6) is 0 Å². The van der Waals surface area contributed by atoms with E-state index >= 15 is 0 Å². The second kappa shape index (κ2) is 7.61. The van der Waals surface area contributed by atoms with Gasteiger partial charge >= 0.3 is 0 Å². The lowest BCUT2D eigenvalue weighted by Gasteiger charge is -2.20. The van der Waals surface area contributed by atoms with Crippen LogP contribution in [0.4, 0.5) is 11.6 Å². The van der Waals surface area contributed by atoms with Crippen molar-refractivity contribution in [2.75, 3.05) is 10.6 Å². The Morgan fingerprint density at radius 2 is 1.78 bits per heavy atom. The van der Waals surface area contributed by atoms with E-state index in [-0.39, 0.29) is 17.7 Å². The first-order valence-corrected chi connectivity index (χ1v) is 9.36. The predicted octanol–water partition coefficient (Wildman–Crippen LogP) is 4.33. The van der Waals surface area contributed by atoms with Crippen LogP contribution in [-0.2, 0) is 4.79 Å². The van der Waals surface area contributed by atoms with E-state index in [1.807, 2.05) is 24.3 Å². The molecule has 0 bridgehead atoms. The van der Waals surface area contributed by atoms with Crippen molar-refractivity contribution in [3.8, 4) is 0 Å². The SMILES string of the molecule is O=C(Nc1nc2ccccc2[nH]1)c1cccc(NC(=O)C2CCCCC2)c1. The molecule has 0 atom stereocenters. The van der Waals surface area contributed by atoms with Gasteiger partial charge in [-0.05, 0) is 43.2 Å². The number of benzene rings is 2. The van der Waals surface area contributed by atoms with Crippen LogP contribution in [0.3, 0.4) is 0 Å². The van der Waals surface area contributed by atoms with Crippen LogP contribution in [0.15, 0.2) is 48.5 Å². The smallest absolute Gasteiger partial charge is 0.258 e. The van der Waals surface area contributed by atoms with E-state index in [9.17, 15) is 9.59 Å². The second-order valence-electron chi connectivity index (χ2n) is 6.96. The summed E-state index contributed by atoms with van der Waals surface area (Å²) in [6.07, 6.45) is 5.31. The quantitative estimate of drug-likeness (QED) is 0.645. The molecule has 1 aromatic heterocycles. The van der Waals surface area contributed by atoms with Crippen molar-refractivity contribution in [2.45, 2.75) is 32.1 Å². The lowest BCUT2D eigenvalue weighted by molar-refractivity contribution is -0.120. The Labute approximate surface area is 157 Å². The maximum atomic E-state index is 12.5. The van der Waals surface area contributed by atoms with Gasteiger partial charge in [0.15, 0.2) is 0 Å². The van der Waals surface area contributed by atoms with Crippen LogP contribution in [0.2, 0.25) is 0 Å². The number of nitrogens with zero attached hydrogens (tertiary/aromatic N) is 1. The van der Waals surface area contributed by atoms with Crippen molar-refractivity contribution in [3.05, 3.63) is 54.1 Å². The van der Waals surface area contributed by atoms with Crippen molar-refractivity contribution in [1.82, 2.24) is 9.97 Å². The molecule has 6 nitrogen and oxygen atoms in total. The van der Waals surface area contributed by atoms with Crippen molar-refractivity contribution in [1.29, 1.82) is 0 Å². The molecule has 27 heavy (non-hydrogen) atoms. The standard InChI is InChI=1S/C21H22N4O2/c26-19(14-7-2-1-3-8-14)22-16-10-6-9-15(13-16)20(27)25-21-23-17-11-4-5-12-18(17)24-21/h4-6,9-14H,1-3,7-8H2,(H,22,26)(H2,23,24,25,27). The first-order chi connectivity index (χ1) is 13.2. The van der Waals surface area contributed by atoms with E-state index in [1.165, 1.54) is 6.42 Å². The summed E-state index contributed by atoms with van der Waals surface area (Å²) in [4.78, 5) is 32.4. The van der Waals surface area contributed by atoms with Crippen LogP contribution in [0, 0.1) is 5.92 Å². The Balaban J connectivity index is 1.44. The normalized spacial score (nSPS) is 14.8. The zero-order chi connectivity index (χ0) is 18.6. The Bertz CT molecular complexity index is 940. The highest BCUT2D eigenvalue weighted by Gasteiger charge is 2.21. The summed E-state index contributed by atoms with van der Waals surface area (Å²) in [6.45, 7) is 0. The van der Waals surface area contributed by atoms with Gasteiger partial charge in [0.2, 0.25) is 11.9 Å². The largest absolute Gasteiger partial charge is 0.326 e. The number of aromatic nitrogens is 2. The average molecular weight is 362 g/mol. The number of nitrogens with one attached hydrogen (secondary N) is 3. The first-order valence-electron chi connectivity index (χ1n) is 9.36. The number of rotatable bonds is 4. The molecule has 2 amide bonds. The first kappa shape index (κ1) is 17.3. The fourth-order valence-electron chi connectivity index (χ4n) is 3.54. The van der Waals surface area contributed by atoms with E-state index < -0.39 is 0 Å². The van der Waals surface area contributed by atoms with Crippen LogP contribution in [0.25, 0.3) is 11.0 Å². The number of carbonyl (C=O) groups is 2. The van der Waals surface area contributed by atoms with Crippen LogP contribution < -0.4 is 10.6 Å². The number of H-pyrrole nitrogens is 1. The molecule has 1 aliphatic carbocycles. The van der Waals surface area contributed by atoms with E-state index in [0.29, 0.717) is 17.2 Å². The Kier molecular flexibility index (Phi) is 4.87. The summed E-state index contributed by atoms with van der Waals surface area (Å²) in [7, 11) is 0. The molecule has 1 fully saturated rings. The Hall–Kier alpha value is -3.15. The molecule has 0 spiro atoms. The number of hydrogen-bond acceptors (Lipinski definition) is 3. The third-order valence-corrected chi connectivity index (χ3v) is 4.99. The number of anilines is 2. The fourth-order valence-corrected chi connectivity index (χ4v) is 3.54. The molecule has 0 radical (unpaired) electrons. The van der Waals surface area contributed by atoms with Gasteiger partial charge < -0.3 is 10.3 Å². The van der Waals surface area contributed by atoms with Gasteiger partial charge in [0, 0.05) is 17.2 Å². The highest BCUT2D eigenvalue weighted by Crippen LogP contribution is 2.25. The Morgan fingerprint density at radius 1 is 0.963 bits per heavy atom. The molecular weight excluding hydrogens is 340 g/mol. The topological polar surface area (TPSA) is 86.9 Å². The molecule has 6 heteroatoms. The minimum Gasteiger partial charge on any atom is -0.326 e. The molecular formula is C21H22N4O2. The van der Waals surface area contributed by atoms with Crippen molar-refractivity contribution >= 4 is 34.5 Å². The average Bonchev–Trinajstić information content (AvgIpc) is 3.11. The number of amides is 2. The number of imidazole rings is 1. The van der Waals surface area contributed by atoms with Crippen LogP contribution >= 0.6 is 0 Å². The lowest BCUT2D eigenvalue weighted by atomic mass is 9.88. The summed E-state index contributed by atoms with van der Waals surface area (Å²) >= 11 is 0. The summed E-state index contributed by atoms with van der Waals surface area (Å²) in [5, 5.41) is 5.72. The summed E-state index contributed by atoms with van der Waals surface area (Å²) in [5.74, 6) is 0.247. The third kappa shape index (κ3) is 4.00. The zero-order valence-corrected chi connectivity index (χ0v) is 15.0. The van der Waals surface area contributed by atoms with Gasteiger partial charge in [-0.2, -0.15) is 0 Å². The highest BCUT2D eigenvalue weighted by molar-refractivity contribution is 6.05. The van der Waals surface area contributed by atoms with Gasteiger partial charge in [-0.1, -0.05) is 37.5 Å². The number of carbonyl (C=O) groups excluding carboxylic acids is 2. The number of fused-ring (bicyclic) bond motifs is 1. The molecule has 4 rings (SSSR count). The molecule has 1 aliphatic rings. The van der Waals surface area contributed by atoms with E-state index in [2.05, 4.69) is 20.6 Å². The highest BCUT2D eigenvalue weighted by atomic mass is 16.2. The van der Waals surface area contributed by atoms with Gasteiger partial charge in [-0.3, -0.25) is 14.9 Å². The van der Waals surface area contributed by atoms with Crippen LogP contribution in [-0.4, -0.2) is 21.8 Å². The summed E-state index contributed by atoms with van der Waals surface area (Å²) in [5.41, 5.74) is 2.77. The fraction of sp³-hybridized carbons (Fsp3) is 0.286. The van der Waals surface area contributed by atoms with E-state index in [0.717, 1.165) is 36.7 Å². The molecule has 0 saturated heterocycles. The minimum atomic E-state index is -0.275. The van der Waals surface area contributed by atoms with Crippen molar-refractivity contribution in [2.24, 2.45) is 5.92 Å². The number of hydrogen-bond donors (Lipinski definition) is 3. The van der Waals surface area contributed by atoms with E-state index in [4.69, 9.17) is 0 Å². The molecule has 3 aromatic rings. The molecule has 2 aromatic carbocycles. The summed E-state index contributed by atoms with van der Waals surface area (Å²) < 4.78 is 0. The lowest BCUT2D eigenvalue weighted by Crippen LogP contribution is -2.24. The molecule has 0 unspecified atom stereocenters. The number of para-hydroxylation sites is 2. The third-order valence-electron chi connectivity index (χ3n) is 4.99. The molecule has 1 heterocycles. The summed E-state index contributed by atoms with van der Waals surface area (Å²) in [6, 6.07) is 14.6. The molecule has 1 saturated carbocycles. The van der Waals surface area contributed by atoms with Gasteiger partial charge in [0.05, 0.1) is 11.0 Å². The maximum absolute atomic E-state index is 12.5. The van der Waals surface area contributed by atoms with Gasteiger partial charge in [0.1, 0.15) is 0 Å². The van der Waals surface area contributed by atoms with Crippen LogP contribution in [0.1, 0.15) is 42.5 Å². The second-order valence-corrected chi connectivity index (χ2v) is 6.96. The van der Waals surface area contributed by atoms with Crippen molar-refractivity contribution in [3.63, 3.8) is 0 Å². The molecule has 3 N–H and O–H groups in total. The van der Waals surface area contributed by atoms with Crippen molar-refractivity contribution < 1.29 is 9.59 Å². The molecule has 138 valence electrons. The van der Waals surface area contributed by atoms with Gasteiger partial charge in [-0.25, -0.2) is 4.98 Å². The minimum absolute atomic E-state index is 0.0459. The van der Waals surface area contributed by atoms with Gasteiger partial charge in [-0.15, -0.1) is 0 Å². The zero-order valence-electron chi connectivity index (χ0n) is 15.0. The molecule has 0 aliphatic heterocycles. The number of aromatic amines is 1. The monoisotopic (exact) mass is 362 g/mol. The van der Waals surface area contributed by atoms with E-state index in [1.54, 1.807) is 24.3 Å². The predicted molar refractivity (Wildman–Crippen MR) is 106 cm³/mol. The maximum Gasteiger partial charge on any atom is 0.258 e. The Morgan fingerprint density at radius 3 is 2.59 bits per heavy atom. The van der Waals surface area contributed by atoms with Gasteiger partial charge in [0.25, 0.3) is 5.91 Å².